The third-order valence-electron chi connectivity index (χ3n) is 3.31. The topological polar surface area (TPSA) is 50.8 Å². The van der Waals surface area contributed by atoms with Gasteiger partial charge in [0.15, 0.2) is 6.10 Å². The van der Waals surface area contributed by atoms with Crippen LogP contribution in [-0.4, -0.2) is 62.9 Å². The van der Waals surface area contributed by atoms with Crippen LogP contribution < -0.4 is 5.32 Å². The number of nitrogens with zero attached hydrogens (tertiary/aromatic N) is 1. The smallest absolute Gasteiger partial charge is 0.254 e. The van der Waals surface area contributed by atoms with Crippen molar-refractivity contribution in [3.63, 3.8) is 0 Å². The van der Waals surface area contributed by atoms with Gasteiger partial charge in [-0.15, -0.1) is 0 Å². The van der Waals surface area contributed by atoms with Gasteiger partial charge in [0, 0.05) is 19.1 Å². The van der Waals surface area contributed by atoms with Crippen LogP contribution in [0.4, 0.5) is 0 Å². The Bertz CT molecular complexity index is 233. The standard InChI is InChI=1S/C11H20N2O3/c1-12-9-2-4-13(5-3-9)11(14)10-8-15-6-7-16-10/h9-10,12H,2-8H2,1H3. The Balaban J connectivity index is 1.81. The normalized spacial score (nSPS) is 28.1. The number of rotatable bonds is 2. The minimum Gasteiger partial charge on any atom is -0.376 e. The number of carbonyl (C=O) groups excluding carboxylic acids is 1. The van der Waals surface area contributed by atoms with E-state index in [-0.39, 0.29) is 12.0 Å². The Kier molecular flexibility index (Phi) is 4.15. The fraction of sp³-hybridized carbons (Fsp3) is 0.909. The molecule has 2 rings (SSSR count). The first-order valence-electron chi connectivity index (χ1n) is 5.96. The molecule has 0 aromatic carbocycles. The molecule has 2 saturated heterocycles. The molecule has 2 heterocycles. The monoisotopic (exact) mass is 228 g/mol. The van der Waals surface area contributed by atoms with E-state index in [1.807, 2.05) is 11.9 Å². The van der Waals surface area contributed by atoms with Crippen LogP contribution in [0.1, 0.15) is 12.8 Å². The van der Waals surface area contributed by atoms with Crippen molar-refractivity contribution >= 4 is 5.91 Å². The maximum Gasteiger partial charge on any atom is 0.254 e. The molecule has 16 heavy (non-hydrogen) atoms. The third kappa shape index (κ3) is 2.72. The summed E-state index contributed by atoms with van der Waals surface area (Å²) in [7, 11) is 1.97. The molecule has 0 aromatic heterocycles. The van der Waals surface area contributed by atoms with E-state index in [2.05, 4.69) is 5.32 Å². The second kappa shape index (κ2) is 5.61. The van der Waals surface area contributed by atoms with E-state index < -0.39 is 0 Å². The van der Waals surface area contributed by atoms with Gasteiger partial charge in [-0.3, -0.25) is 4.79 Å². The predicted molar refractivity (Wildman–Crippen MR) is 59.2 cm³/mol. The van der Waals surface area contributed by atoms with Crippen molar-refractivity contribution in [2.45, 2.75) is 25.0 Å². The van der Waals surface area contributed by atoms with Gasteiger partial charge in [-0.2, -0.15) is 0 Å². The summed E-state index contributed by atoms with van der Waals surface area (Å²) in [4.78, 5) is 13.9. The molecule has 5 nitrogen and oxygen atoms in total. The van der Waals surface area contributed by atoms with Crippen molar-refractivity contribution in [2.75, 3.05) is 40.0 Å². The van der Waals surface area contributed by atoms with Gasteiger partial charge >= 0.3 is 0 Å². The first-order valence-corrected chi connectivity index (χ1v) is 5.96. The molecule has 1 unspecified atom stereocenters. The minimum atomic E-state index is -0.375. The Hall–Kier alpha value is -0.650. The minimum absolute atomic E-state index is 0.0919. The van der Waals surface area contributed by atoms with Crippen LogP contribution in [0, 0.1) is 0 Å². The summed E-state index contributed by atoms with van der Waals surface area (Å²) < 4.78 is 10.7. The molecule has 1 atom stereocenters. The lowest BCUT2D eigenvalue weighted by atomic mass is 10.0. The number of amides is 1. The lowest BCUT2D eigenvalue weighted by Gasteiger charge is -2.34. The molecule has 0 bridgehead atoms. The van der Waals surface area contributed by atoms with Crippen LogP contribution in [0.15, 0.2) is 0 Å². The van der Waals surface area contributed by atoms with Gasteiger partial charge < -0.3 is 19.7 Å². The van der Waals surface area contributed by atoms with Crippen LogP contribution in [-0.2, 0) is 14.3 Å². The quantitative estimate of drug-likeness (QED) is 0.699. The van der Waals surface area contributed by atoms with E-state index in [4.69, 9.17) is 9.47 Å². The summed E-state index contributed by atoms with van der Waals surface area (Å²) in [5, 5.41) is 3.25. The highest BCUT2D eigenvalue weighted by atomic mass is 16.6. The van der Waals surface area contributed by atoms with Crippen molar-refractivity contribution in [2.24, 2.45) is 0 Å². The fourth-order valence-electron chi connectivity index (χ4n) is 2.22. The summed E-state index contributed by atoms with van der Waals surface area (Å²) >= 11 is 0. The first kappa shape index (κ1) is 11.8. The molecular weight excluding hydrogens is 208 g/mol. The highest BCUT2D eigenvalue weighted by Crippen LogP contribution is 2.13. The van der Waals surface area contributed by atoms with Crippen LogP contribution in [0.3, 0.4) is 0 Å². The van der Waals surface area contributed by atoms with E-state index in [0.717, 1.165) is 25.9 Å². The van der Waals surface area contributed by atoms with Gasteiger partial charge in [0.2, 0.25) is 0 Å². The highest BCUT2D eigenvalue weighted by molar-refractivity contribution is 5.81. The van der Waals surface area contributed by atoms with Crippen molar-refractivity contribution < 1.29 is 14.3 Å². The van der Waals surface area contributed by atoms with Crippen LogP contribution in [0.2, 0.25) is 0 Å². The molecule has 0 spiro atoms. The maximum atomic E-state index is 12.0. The molecule has 0 saturated carbocycles. The zero-order valence-corrected chi connectivity index (χ0v) is 9.78. The Morgan fingerprint density at radius 3 is 2.62 bits per heavy atom. The molecule has 1 amide bonds. The lowest BCUT2D eigenvalue weighted by molar-refractivity contribution is -0.159. The maximum absolute atomic E-state index is 12.0. The first-order chi connectivity index (χ1) is 7.81. The average Bonchev–Trinajstić information content (AvgIpc) is 2.39. The van der Waals surface area contributed by atoms with Gasteiger partial charge in [0.1, 0.15) is 0 Å². The molecule has 5 heteroatoms. The molecule has 2 aliphatic rings. The summed E-state index contributed by atoms with van der Waals surface area (Å²) in [6.07, 6.45) is 1.67. The summed E-state index contributed by atoms with van der Waals surface area (Å²) in [5.74, 6) is 0.0919. The number of nitrogens with one attached hydrogen (secondary N) is 1. The van der Waals surface area contributed by atoms with Crippen LogP contribution in [0.5, 0.6) is 0 Å². The number of carbonyl (C=O) groups is 1. The molecule has 0 aliphatic carbocycles. The molecule has 92 valence electrons. The average molecular weight is 228 g/mol. The molecule has 2 fully saturated rings. The van der Waals surface area contributed by atoms with Crippen molar-refractivity contribution in [1.29, 1.82) is 0 Å². The van der Waals surface area contributed by atoms with Crippen molar-refractivity contribution in [3.05, 3.63) is 0 Å². The summed E-state index contributed by atoms with van der Waals surface area (Å²) in [6, 6.07) is 0.549. The Morgan fingerprint density at radius 1 is 1.31 bits per heavy atom. The van der Waals surface area contributed by atoms with Gasteiger partial charge in [-0.25, -0.2) is 0 Å². The van der Waals surface area contributed by atoms with E-state index in [9.17, 15) is 4.79 Å². The zero-order valence-electron chi connectivity index (χ0n) is 9.78. The summed E-state index contributed by atoms with van der Waals surface area (Å²) in [6.45, 7) is 3.19. The summed E-state index contributed by atoms with van der Waals surface area (Å²) in [5.41, 5.74) is 0. The zero-order chi connectivity index (χ0) is 11.4. The number of hydrogen-bond acceptors (Lipinski definition) is 4. The third-order valence-corrected chi connectivity index (χ3v) is 3.31. The number of piperidine rings is 1. The Labute approximate surface area is 96.1 Å². The highest BCUT2D eigenvalue weighted by Gasteiger charge is 2.29. The van der Waals surface area contributed by atoms with Gasteiger partial charge in [-0.05, 0) is 19.9 Å². The largest absolute Gasteiger partial charge is 0.376 e. The fourth-order valence-corrected chi connectivity index (χ4v) is 2.22. The van der Waals surface area contributed by atoms with E-state index in [1.165, 1.54) is 0 Å². The molecule has 0 aromatic rings. The lowest BCUT2D eigenvalue weighted by Crippen LogP contribution is -2.50. The molecular formula is C11H20N2O3. The van der Waals surface area contributed by atoms with Crippen LogP contribution in [0.25, 0.3) is 0 Å². The predicted octanol–water partition coefficient (Wildman–Crippen LogP) is -0.388. The van der Waals surface area contributed by atoms with Gasteiger partial charge in [0.25, 0.3) is 5.91 Å². The van der Waals surface area contributed by atoms with E-state index in [0.29, 0.717) is 25.9 Å². The van der Waals surface area contributed by atoms with Gasteiger partial charge in [-0.1, -0.05) is 0 Å². The number of likely N-dealkylation sites (tertiary alicyclic amines) is 1. The SMILES string of the molecule is CNC1CCN(C(=O)C2COCCO2)CC1. The van der Waals surface area contributed by atoms with E-state index >= 15 is 0 Å². The molecule has 0 radical (unpaired) electrons. The Morgan fingerprint density at radius 2 is 2.06 bits per heavy atom. The van der Waals surface area contributed by atoms with Crippen molar-refractivity contribution in [1.82, 2.24) is 10.2 Å². The molecule has 2 aliphatic heterocycles. The second-order valence-corrected chi connectivity index (χ2v) is 4.32. The van der Waals surface area contributed by atoms with Gasteiger partial charge in [0.05, 0.1) is 19.8 Å². The number of hydrogen-bond donors (Lipinski definition) is 1. The van der Waals surface area contributed by atoms with E-state index in [1.54, 1.807) is 0 Å². The second-order valence-electron chi connectivity index (χ2n) is 4.32. The van der Waals surface area contributed by atoms with Crippen molar-refractivity contribution in [3.8, 4) is 0 Å². The van der Waals surface area contributed by atoms with Crippen LogP contribution >= 0.6 is 0 Å². The molecule has 1 N–H and O–H groups in total. The number of ether oxygens (including phenoxy) is 2.